The van der Waals surface area contributed by atoms with E-state index in [2.05, 4.69) is 6.58 Å². The Morgan fingerprint density at radius 2 is 1.69 bits per heavy atom. The molecule has 0 bridgehead atoms. The minimum Gasteiger partial charge on any atom is -0.464 e. The average Bonchev–Trinajstić information content (AvgIpc) is 3.05. The Morgan fingerprint density at radius 3 is 2.24 bits per heavy atom. The largest absolute Gasteiger partial charge is 0.464 e. The zero-order chi connectivity index (χ0) is 21.4. The first-order valence-corrected chi connectivity index (χ1v) is 9.93. The molecule has 0 N–H and O–H groups in total. The second kappa shape index (κ2) is 10.1. The number of hydrogen-bond acceptors (Lipinski definition) is 3. The first-order valence-electron chi connectivity index (χ1n) is 9.93. The molecule has 156 valence electrons. The van der Waals surface area contributed by atoms with Gasteiger partial charge in [-0.05, 0) is 30.0 Å². The number of nitrogens with zero attached hydrogens (tertiary/aromatic N) is 2. The molecule has 2 rings (SSSR count). The van der Waals surface area contributed by atoms with Gasteiger partial charge in [0.25, 0.3) is 0 Å². The van der Waals surface area contributed by atoms with Gasteiger partial charge in [0.2, 0.25) is 11.8 Å². The van der Waals surface area contributed by atoms with Crippen LogP contribution in [0.1, 0.15) is 44.3 Å². The lowest BCUT2D eigenvalue weighted by atomic mass is 9.91. The number of amides is 2. The molecule has 0 spiro atoms. The van der Waals surface area contributed by atoms with Crippen LogP contribution in [0.2, 0.25) is 0 Å². The lowest BCUT2D eigenvalue weighted by Gasteiger charge is -2.28. The van der Waals surface area contributed by atoms with Gasteiger partial charge in [0.05, 0.1) is 6.54 Å². The first kappa shape index (κ1) is 22.5. The van der Waals surface area contributed by atoms with E-state index in [0.717, 1.165) is 17.1 Å². The van der Waals surface area contributed by atoms with Crippen LogP contribution in [0.25, 0.3) is 0 Å². The molecule has 0 saturated carbocycles. The summed E-state index contributed by atoms with van der Waals surface area (Å²) < 4.78 is 5.68. The van der Waals surface area contributed by atoms with Crippen molar-refractivity contribution in [2.24, 2.45) is 5.41 Å². The van der Waals surface area contributed by atoms with Gasteiger partial charge in [-0.2, -0.15) is 0 Å². The quantitative estimate of drug-likeness (QED) is 0.584. The van der Waals surface area contributed by atoms with Crippen LogP contribution >= 0.6 is 0 Å². The summed E-state index contributed by atoms with van der Waals surface area (Å²) in [5, 5.41) is 0. The van der Waals surface area contributed by atoms with Crippen LogP contribution in [-0.4, -0.2) is 34.7 Å². The predicted molar refractivity (Wildman–Crippen MR) is 115 cm³/mol. The molecule has 5 nitrogen and oxygen atoms in total. The van der Waals surface area contributed by atoms with Crippen LogP contribution in [0.3, 0.4) is 0 Å². The number of rotatable bonds is 9. The summed E-state index contributed by atoms with van der Waals surface area (Å²) in [6.07, 6.45) is 2.04. The third kappa shape index (κ3) is 7.60. The molecule has 2 amide bonds. The van der Waals surface area contributed by atoms with Crippen molar-refractivity contribution in [2.45, 2.75) is 47.2 Å². The number of hydrogen-bond donors (Lipinski definition) is 0. The highest BCUT2D eigenvalue weighted by Crippen LogP contribution is 2.20. The second-order valence-electron chi connectivity index (χ2n) is 8.55. The lowest BCUT2D eigenvalue weighted by molar-refractivity contribution is -0.142. The maximum absolute atomic E-state index is 13.2. The molecule has 29 heavy (non-hydrogen) atoms. The normalized spacial score (nSPS) is 11.2. The van der Waals surface area contributed by atoms with Crippen LogP contribution in [-0.2, 0) is 22.7 Å². The van der Waals surface area contributed by atoms with Gasteiger partial charge in [-0.1, -0.05) is 57.2 Å². The Labute approximate surface area is 174 Å². The standard InChI is InChI=1S/C24H32N2O3/c1-6-14-25(22(27)15-24(3,4)5)18-23(28)26(16-20-10-8-7-9-11-20)17-21-13-12-19(2)29-21/h6-13H,1,14-18H2,2-5H3. The van der Waals surface area contributed by atoms with Gasteiger partial charge in [-0.25, -0.2) is 0 Å². The van der Waals surface area contributed by atoms with Gasteiger partial charge in [-0.15, -0.1) is 6.58 Å². The lowest BCUT2D eigenvalue weighted by Crippen LogP contribution is -2.43. The van der Waals surface area contributed by atoms with Crippen molar-refractivity contribution in [1.29, 1.82) is 0 Å². The van der Waals surface area contributed by atoms with Gasteiger partial charge in [-0.3, -0.25) is 9.59 Å². The average molecular weight is 397 g/mol. The van der Waals surface area contributed by atoms with Gasteiger partial charge in [0.1, 0.15) is 18.1 Å². The highest BCUT2D eigenvalue weighted by Gasteiger charge is 2.25. The van der Waals surface area contributed by atoms with Crippen molar-refractivity contribution < 1.29 is 14.0 Å². The second-order valence-corrected chi connectivity index (χ2v) is 8.55. The molecule has 0 aliphatic heterocycles. The number of carbonyl (C=O) groups is 2. The Bertz CT molecular complexity index is 818. The molecule has 0 fully saturated rings. The maximum Gasteiger partial charge on any atom is 0.242 e. The number of furan rings is 1. The minimum absolute atomic E-state index is 0.0213. The highest BCUT2D eigenvalue weighted by molar-refractivity contribution is 5.85. The van der Waals surface area contributed by atoms with Gasteiger partial charge >= 0.3 is 0 Å². The summed E-state index contributed by atoms with van der Waals surface area (Å²) >= 11 is 0. The summed E-state index contributed by atoms with van der Waals surface area (Å²) in [6, 6.07) is 13.6. The van der Waals surface area contributed by atoms with Crippen molar-refractivity contribution >= 4 is 11.8 Å². The fraction of sp³-hybridized carbons (Fsp3) is 0.417. The first-order chi connectivity index (χ1) is 13.7. The molecule has 0 aliphatic rings. The molecule has 2 aromatic rings. The van der Waals surface area contributed by atoms with Crippen molar-refractivity contribution in [3.8, 4) is 0 Å². The van der Waals surface area contributed by atoms with E-state index in [1.54, 1.807) is 15.9 Å². The third-order valence-electron chi connectivity index (χ3n) is 4.42. The van der Waals surface area contributed by atoms with Gasteiger partial charge < -0.3 is 14.2 Å². The van der Waals surface area contributed by atoms with Crippen LogP contribution in [0.4, 0.5) is 0 Å². The van der Waals surface area contributed by atoms with E-state index in [1.807, 2.05) is 70.2 Å². The summed E-state index contributed by atoms with van der Waals surface area (Å²) in [6.45, 7) is 12.8. The summed E-state index contributed by atoms with van der Waals surface area (Å²) in [4.78, 5) is 29.2. The SMILES string of the molecule is C=CCN(CC(=O)N(Cc1ccccc1)Cc1ccc(C)o1)C(=O)CC(C)(C)C. The topological polar surface area (TPSA) is 53.8 Å². The van der Waals surface area contributed by atoms with Crippen molar-refractivity contribution in [1.82, 2.24) is 9.80 Å². The Balaban J connectivity index is 2.17. The predicted octanol–water partition coefficient (Wildman–Crippen LogP) is 4.57. The molecule has 1 heterocycles. The third-order valence-corrected chi connectivity index (χ3v) is 4.42. The monoisotopic (exact) mass is 396 g/mol. The van der Waals surface area contributed by atoms with Crippen LogP contribution in [0, 0.1) is 12.3 Å². The number of benzene rings is 1. The fourth-order valence-electron chi connectivity index (χ4n) is 3.03. The molecule has 0 aliphatic carbocycles. The maximum atomic E-state index is 13.2. The fourth-order valence-corrected chi connectivity index (χ4v) is 3.03. The molecule has 1 aromatic carbocycles. The smallest absolute Gasteiger partial charge is 0.242 e. The molecule has 5 heteroatoms. The summed E-state index contributed by atoms with van der Waals surface area (Å²) in [5.74, 6) is 1.37. The van der Waals surface area contributed by atoms with E-state index >= 15 is 0 Å². The van der Waals surface area contributed by atoms with E-state index in [1.165, 1.54) is 0 Å². The Hall–Kier alpha value is -2.82. The zero-order valence-corrected chi connectivity index (χ0v) is 18.0. The van der Waals surface area contributed by atoms with E-state index in [0.29, 0.717) is 26.1 Å². The molecule has 1 aromatic heterocycles. The van der Waals surface area contributed by atoms with Crippen molar-refractivity contribution in [2.75, 3.05) is 13.1 Å². The number of aryl methyl sites for hydroxylation is 1. The van der Waals surface area contributed by atoms with Crippen molar-refractivity contribution in [3.63, 3.8) is 0 Å². The van der Waals surface area contributed by atoms with Gasteiger partial charge in [0.15, 0.2) is 0 Å². The molecule has 0 saturated heterocycles. The zero-order valence-electron chi connectivity index (χ0n) is 18.0. The number of carbonyl (C=O) groups excluding carboxylic acids is 2. The van der Waals surface area contributed by atoms with E-state index in [4.69, 9.17) is 4.42 Å². The molecular weight excluding hydrogens is 364 g/mol. The minimum atomic E-state index is -0.144. The molecule has 0 radical (unpaired) electrons. The van der Waals surface area contributed by atoms with Crippen LogP contribution < -0.4 is 0 Å². The van der Waals surface area contributed by atoms with Crippen molar-refractivity contribution in [3.05, 3.63) is 72.2 Å². The summed E-state index contributed by atoms with van der Waals surface area (Å²) in [7, 11) is 0. The van der Waals surface area contributed by atoms with E-state index in [9.17, 15) is 9.59 Å². The molecule has 0 unspecified atom stereocenters. The van der Waals surface area contributed by atoms with Crippen LogP contribution in [0.5, 0.6) is 0 Å². The van der Waals surface area contributed by atoms with E-state index in [-0.39, 0.29) is 23.8 Å². The summed E-state index contributed by atoms with van der Waals surface area (Å²) in [5.41, 5.74) is 0.884. The van der Waals surface area contributed by atoms with E-state index < -0.39 is 0 Å². The van der Waals surface area contributed by atoms with Gasteiger partial charge in [0, 0.05) is 19.5 Å². The Kier molecular flexibility index (Phi) is 7.82. The molecule has 0 atom stereocenters. The Morgan fingerprint density at radius 1 is 1.00 bits per heavy atom. The van der Waals surface area contributed by atoms with Crippen LogP contribution in [0.15, 0.2) is 59.5 Å². The molecular formula is C24H32N2O3. The highest BCUT2D eigenvalue weighted by atomic mass is 16.3.